The average molecular weight is 867 g/mol. The second-order valence-corrected chi connectivity index (χ2v) is 18.5. The molecular weight excluding hydrogens is 757 g/mol. The number of carboxylic acid groups (broad SMARTS) is 2. The Morgan fingerprint density at radius 2 is 0.410 bits per heavy atom. The van der Waals surface area contributed by atoms with Crippen LogP contribution < -0.4 is 0 Å². The molecule has 0 heterocycles. The highest BCUT2D eigenvalue weighted by molar-refractivity contribution is 5.69. The molecule has 0 aromatic carbocycles. The first-order valence-electron chi connectivity index (χ1n) is 27.4. The lowest BCUT2D eigenvalue weighted by Crippen LogP contribution is -1.99. The third-order valence-corrected chi connectivity index (χ3v) is 12.2. The van der Waals surface area contributed by atoms with Crippen LogP contribution in [0.2, 0.25) is 0 Å². The Hall–Kier alpha value is -1.59. The maximum atomic E-state index is 10.9. The summed E-state index contributed by atoms with van der Waals surface area (Å²) in [6, 6.07) is 0. The third-order valence-electron chi connectivity index (χ3n) is 12.2. The van der Waals surface area contributed by atoms with Crippen LogP contribution in [0.4, 0.5) is 0 Å². The summed E-state index contributed by atoms with van der Waals surface area (Å²) in [5, 5.41) is 17.0. The van der Waals surface area contributed by atoms with Crippen molar-refractivity contribution in [2.24, 2.45) is 0 Å². The molecular formula is C55H110O6. The highest BCUT2D eigenvalue weighted by Crippen LogP contribution is 2.16. The van der Waals surface area contributed by atoms with E-state index in [2.05, 4.69) is 25.5 Å². The van der Waals surface area contributed by atoms with Crippen molar-refractivity contribution < 1.29 is 29.3 Å². The summed E-state index contributed by atoms with van der Waals surface area (Å²) in [7, 11) is 1.47. The Morgan fingerprint density at radius 1 is 0.262 bits per heavy atom. The minimum atomic E-state index is -0.653. The molecule has 0 saturated carbocycles. The van der Waals surface area contributed by atoms with Gasteiger partial charge in [-0.3, -0.25) is 14.4 Å². The fourth-order valence-electron chi connectivity index (χ4n) is 8.04. The molecule has 6 heteroatoms. The summed E-state index contributed by atoms with van der Waals surface area (Å²) in [6.07, 6.45) is 61.3. The molecule has 0 bridgehead atoms. The summed E-state index contributed by atoms with van der Waals surface area (Å²) < 4.78 is 4.63. The highest BCUT2D eigenvalue weighted by Gasteiger charge is 2.01. The van der Waals surface area contributed by atoms with E-state index in [1.54, 1.807) is 0 Å². The molecule has 0 aliphatic heterocycles. The van der Waals surface area contributed by atoms with E-state index in [4.69, 9.17) is 10.2 Å². The minimum Gasteiger partial charge on any atom is -0.481 e. The summed E-state index contributed by atoms with van der Waals surface area (Å²) >= 11 is 0. The number of methoxy groups -OCH3 is 1. The Kier molecular flexibility index (Phi) is 63.2. The molecule has 0 aliphatic rings. The summed E-state index contributed by atoms with van der Waals surface area (Å²) in [5.74, 6) is -1.37. The minimum absolute atomic E-state index is 0.0651. The van der Waals surface area contributed by atoms with Crippen LogP contribution in [0.5, 0.6) is 0 Å². The van der Waals surface area contributed by atoms with Gasteiger partial charge in [-0.25, -0.2) is 0 Å². The van der Waals surface area contributed by atoms with Crippen LogP contribution >= 0.6 is 0 Å². The van der Waals surface area contributed by atoms with Crippen molar-refractivity contribution in [1.82, 2.24) is 0 Å². The van der Waals surface area contributed by atoms with E-state index in [-0.39, 0.29) is 5.97 Å². The molecule has 0 spiro atoms. The van der Waals surface area contributed by atoms with Gasteiger partial charge in [0.2, 0.25) is 0 Å². The second-order valence-electron chi connectivity index (χ2n) is 18.5. The Bertz CT molecular complexity index is 785. The predicted octanol–water partition coefficient (Wildman–Crippen LogP) is 19.1. The number of esters is 1. The van der Waals surface area contributed by atoms with E-state index in [1.165, 1.54) is 264 Å². The first-order chi connectivity index (χ1) is 29.8. The number of unbranched alkanes of at least 4 members (excludes halogenated alkanes) is 42. The molecule has 6 nitrogen and oxygen atoms in total. The predicted molar refractivity (Wildman–Crippen MR) is 266 cm³/mol. The van der Waals surface area contributed by atoms with E-state index in [0.717, 1.165) is 32.1 Å². The van der Waals surface area contributed by atoms with Gasteiger partial charge in [0.05, 0.1) is 7.11 Å². The quantitative estimate of drug-likeness (QED) is 0.0467. The van der Waals surface area contributed by atoms with Crippen molar-refractivity contribution in [2.45, 2.75) is 329 Å². The van der Waals surface area contributed by atoms with Crippen LogP contribution in [-0.4, -0.2) is 35.2 Å². The zero-order valence-corrected chi connectivity index (χ0v) is 42.0. The maximum absolute atomic E-state index is 10.9. The molecule has 0 aromatic rings. The lowest BCUT2D eigenvalue weighted by molar-refractivity contribution is -0.141. The molecule has 0 atom stereocenters. The van der Waals surface area contributed by atoms with E-state index < -0.39 is 11.9 Å². The standard InChI is InChI=1S/C19H38O2.2C18H36O2/c1-3-4-5-6-7-8-9-10-11-12-13-14-15-16-17-18-19(20)21-2;2*1-2-3-4-5-6-7-8-9-10-11-12-13-14-15-16-17-18(19)20/h3-18H2,1-2H3;2*2-17H2,1H3,(H,19,20). The molecule has 2 N–H and O–H groups in total. The number of carbonyl (C=O) groups is 3. The van der Waals surface area contributed by atoms with Crippen LogP contribution in [0.3, 0.4) is 0 Å². The molecule has 0 radical (unpaired) electrons. The first kappa shape index (κ1) is 63.7. The normalized spacial score (nSPS) is 10.8. The molecule has 0 amide bonds. The van der Waals surface area contributed by atoms with Crippen molar-refractivity contribution in [3.05, 3.63) is 0 Å². The van der Waals surface area contributed by atoms with Gasteiger partial charge >= 0.3 is 17.9 Å². The molecule has 366 valence electrons. The monoisotopic (exact) mass is 867 g/mol. The molecule has 0 aromatic heterocycles. The molecule has 0 rings (SSSR count). The number of rotatable bonds is 48. The molecule has 0 fully saturated rings. The number of aliphatic carboxylic acids is 2. The van der Waals surface area contributed by atoms with Crippen LogP contribution in [-0.2, 0) is 19.1 Å². The SMILES string of the molecule is CCCCCCCCCCCCCCCCCC(=O)O.CCCCCCCCCCCCCCCCCC(=O)O.CCCCCCCCCCCCCCCCCC(=O)OC. The van der Waals surface area contributed by atoms with E-state index in [9.17, 15) is 14.4 Å². The third kappa shape index (κ3) is 70.3. The fraction of sp³-hybridized carbons (Fsp3) is 0.945. The number of hydrogen-bond acceptors (Lipinski definition) is 4. The van der Waals surface area contributed by atoms with Crippen LogP contribution in [0.15, 0.2) is 0 Å². The van der Waals surface area contributed by atoms with Gasteiger partial charge in [0.1, 0.15) is 0 Å². The number of ether oxygens (including phenoxy) is 1. The maximum Gasteiger partial charge on any atom is 0.305 e. The summed E-state index contributed by atoms with van der Waals surface area (Å²) in [6.45, 7) is 6.82. The van der Waals surface area contributed by atoms with Gasteiger partial charge in [0.25, 0.3) is 0 Å². The van der Waals surface area contributed by atoms with Crippen LogP contribution in [0.25, 0.3) is 0 Å². The number of carbonyl (C=O) groups excluding carboxylic acids is 1. The molecule has 0 unspecified atom stereocenters. The van der Waals surface area contributed by atoms with Crippen LogP contribution in [0.1, 0.15) is 329 Å². The van der Waals surface area contributed by atoms with Gasteiger partial charge < -0.3 is 14.9 Å². The Morgan fingerprint density at radius 3 is 0.557 bits per heavy atom. The van der Waals surface area contributed by atoms with Crippen molar-refractivity contribution >= 4 is 17.9 Å². The van der Waals surface area contributed by atoms with Crippen molar-refractivity contribution in [3.8, 4) is 0 Å². The van der Waals surface area contributed by atoms with Crippen molar-refractivity contribution in [1.29, 1.82) is 0 Å². The van der Waals surface area contributed by atoms with Gasteiger partial charge in [-0.2, -0.15) is 0 Å². The summed E-state index contributed by atoms with van der Waals surface area (Å²) in [4.78, 5) is 31.6. The Balaban J connectivity index is -0.000000828. The highest BCUT2D eigenvalue weighted by atomic mass is 16.5. The van der Waals surface area contributed by atoms with Gasteiger partial charge in [0.15, 0.2) is 0 Å². The molecule has 0 aliphatic carbocycles. The number of hydrogen-bond donors (Lipinski definition) is 2. The molecule has 0 saturated heterocycles. The lowest BCUT2D eigenvalue weighted by atomic mass is 10.0. The van der Waals surface area contributed by atoms with Crippen molar-refractivity contribution in [3.63, 3.8) is 0 Å². The first-order valence-corrected chi connectivity index (χ1v) is 27.4. The van der Waals surface area contributed by atoms with Gasteiger partial charge in [0, 0.05) is 19.3 Å². The van der Waals surface area contributed by atoms with Gasteiger partial charge in [-0.05, 0) is 19.3 Å². The average Bonchev–Trinajstić information content (AvgIpc) is 3.25. The fourth-order valence-corrected chi connectivity index (χ4v) is 8.04. The van der Waals surface area contributed by atoms with Gasteiger partial charge in [-0.1, -0.05) is 290 Å². The zero-order valence-electron chi connectivity index (χ0n) is 42.0. The topological polar surface area (TPSA) is 101 Å². The smallest absolute Gasteiger partial charge is 0.305 e. The zero-order chi connectivity index (χ0) is 45.4. The van der Waals surface area contributed by atoms with Crippen molar-refractivity contribution in [2.75, 3.05) is 7.11 Å². The summed E-state index contributed by atoms with van der Waals surface area (Å²) in [5.41, 5.74) is 0. The number of carboxylic acids is 2. The second kappa shape index (κ2) is 60.5. The van der Waals surface area contributed by atoms with Gasteiger partial charge in [-0.15, -0.1) is 0 Å². The lowest BCUT2D eigenvalue weighted by Gasteiger charge is -2.03. The molecule has 61 heavy (non-hydrogen) atoms. The Labute approximate surface area is 382 Å². The van der Waals surface area contributed by atoms with E-state index in [0.29, 0.717) is 19.3 Å². The van der Waals surface area contributed by atoms with E-state index >= 15 is 0 Å². The van der Waals surface area contributed by atoms with Crippen LogP contribution in [0, 0.1) is 0 Å². The van der Waals surface area contributed by atoms with E-state index in [1.807, 2.05) is 0 Å². The largest absolute Gasteiger partial charge is 0.481 e.